The van der Waals surface area contributed by atoms with Gasteiger partial charge in [0.05, 0.1) is 5.75 Å². The van der Waals surface area contributed by atoms with Crippen molar-refractivity contribution in [2.75, 3.05) is 30.5 Å². The molecule has 0 saturated heterocycles. The molecule has 4 nitrogen and oxygen atoms in total. The van der Waals surface area contributed by atoms with Crippen LogP contribution in [0, 0.1) is 0 Å². The predicted molar refractivity (Wildman–Crippen MR) is 67.3 cm³/mol. The summed E-state index contributed by atoms with van der Waals surface area (Å²) in [6.45, 7) is 1.02. The molecule has 0 fully saturated rings. The van der Waals surface area contributed by atoms with Gasteiger partial charge in [-0.2, -0.15) is 0 Å². The molecule has 1 rings (SSSR count). The zero-order chi connectivity index (χ0) is 12.2. The third-order valence-electron chi connectivity index (χ3n) is 2.41. The third kappa shape index (κ3) is 4.20. The Kier molecular flexibility index (Phi) is 4.32. The van der Waals surface area contributed by atoms with Crippen molar-refractivity contribution in [2.45, 2.75) is 6.54 Å². The number of hydrogen-bond donors (Lipinski definition) is 1. The van der Waals surface area contributed by atoms with Gasteiger partial charge in [0.15, 0.2) is 0 Å². The molecule has 0 aliphatic heterocycles. The Morgan fingerprint density at radius 1 is 1.25 bits per heavy atom. The third-order valence-corrected chi connectivity index (χ3v) is 3.33. The maximum atomic E-state index is 11.0. The highest BCUT2D eigenvalue weighted by atomic mass is 32.2. The van der Waals surface area contributed by atoms with Crippen LogP contribution < -0.4 is 10.6 Å². The summed E-state index contributed by atoms with van der Waals surface area (Å²) in [5.41, 5.74) is 7.57. The lowest BCUT2D eigenvalue weighted by Gasteiger charge is -2.18. The molecule has 0 bridgehead atoms. The maximum absolute atomic E-state index is 11.0. The summed E-state index contributed by atoms with van der Waals surface area (Å²) in [6, 6.07) is 7.80. The average molecular weight is 242 g/mol. The molecule has 1 aromatic carbocycles. The van der Waals surface area contributed by atoms with Crippen molar-refractivity contribution in [2.24, 2.45) is 5.73 Å². The Morgan fingerprint density at radius 3 is 2.25 bits per heavy atom. The number of rotatable bonds is 5. The van der Waals surface area contributed by atoms with E-state index < -0.39 is 9.84 Å². The first-order valence-corrected chi connectivity index (χ1v) is 7.16. The number of hydrogen-bond acceptors (Lipinski definition) is 4. The second-order valence-corrected chi connectivity index (χ2v) is 6.18. The molecule has 0 aromatic heterocycles. The number of benzene rings is 1. The molecule has 0 spiro atoms. The summed E-state index contributed by atoms with van der Waals surface area (Å²) in [5, 5.41) is 0. The van der Waals surface area contributed by atoms with Crippen LogP contribution in [0.2, 0.25) is 0 Å². The smallest absolute Gasteiger partial charge is 0.149 e. The number of nitrogens with two attached hydrogens (primary N) is 1. The molecule has 90 valence electrons. The van der Waals surface area contributed by atoms with Crippen molar-refractivity contribution >= 4 is 15.5 Å². The van der Waals surface area contributed by atoms with E-state index in [1.807, 2.05) is 36.2 Å². The van der Waals surface area contributed by atoms with E-state index in [0.29, 0.717) is 13.1 Å². The van der Waals surface area contributed by atoms with Crippen molar-refractivity contribution in [3.8, 4) is 0 Å². The standard InChI is InChI=1S/C11H18N2O2S/c1-13(7-8-16(2,14)15)11-5-3-10(9-12)4-6-11/h3-6H,7-9,12H2,1-2H3. The molecule has 16 heavy (non-hydrogen) atoms. The fourth-order valence-corrected chi connectivity index (χ4v) is 1.92. The molecule has 0 aliphatic rings. The molecule has 1 aromatic rings. The fourth-order valence-electron chi connectivity index (χ4n) is 1.32. The molecular formula is C11H18N2O2S. The second kappa shape index (κ2) is 5.32. The van der Waals surface area contributed by atoms with Crippen LogP contribution in [-0.2, 0) is 16.4 Å². The first kappa shape index (κ1) is 13.0. The normalized spacial score (nSPS) is 11.4. The molecular weight excluding hydrogens is 224 g/mol. The Balaban J connectivity index is 2.62. The van der Waals surface area contributed by atoms with E-state index in [9.17, 15) is 8.42 Å². The predicted octanol–water partition coefficient (Wildman–Crippen LogP) is 0.626. The van der Waals surface area contributed by atoms with E-state index in [2.05, 4.69) is 0 Å². The molecule has 5 heteroatoms. The number of anilines is 1. The molecule has 0 heterocycles. The van der Waals surface area contributed by atoms with Gasteiger partial charge in [0.2, 0.25) is 0 Å². The highest BCUT2D eigenvalue weighted by Gasteiger charge is 2.06. The fraction of sp³-hybridized carbons (Fsp3) is 0.455. The van der Waals surface area contributed by atoms with Gasteiger partial charge in [-0.25, -0.2) is 8.42 Å². The Morgan fingerprint density at radius 2 is 1.81 bits per heavy atom. The second-order valence-electron chi connectivity index (χ2n) is 3.92. The zero-order valence-corrected chi connectivity index (χ0v) is 10.5. The van der Waals surface area contributed by atoms with Crippen molar-refractivity contribution in [1.29, 1.82) is 0 Å². The maximum Gasteiger partial charge on any atom is 0.149 e. The SMILES string of the molecule is CN(CCS(C)(=O)=O)c1ccc(CN)cc1. The molecule has 0 saturated carbocycles. The van der Waals surface area contributed by atoms with Gasteiger partial charge < -0.3 is 10.6 Å². The summed E-state index contributed by atoms with van der Waals surface area (Å²) in [4.78, 5) is 1.92. The van der Waals surface area contributed by atoms with Crippen molar-refractivity contribution in [3.05, 3.63) is 29.8 Å². The first-order chi connectivity index (χ1) is 7.42. The lowest BCUT2D eigenvalue weighted by molar-refractivity contribution is 0.601. The van der Waals surface area contributed by atoms with Crippen LogP contribution in [0.15, 0.2) is 24.3 Å². The lowest BCUT2D eigenvalue weighted by atomic mass is 10.2. The van der Waals surface area contributed by atoms with Crippen molar-refractivity contribution < 1.29 is 8.42 Å². The van der Waals surface area contributed by atoms with Gasteiger partial charge in [0.1, 0.15) is 9.84 Å². The highest BCUT2D eigenvalue weighted by Crippen LogP contribution is 2.13. The van der Waals surface area contributed by atoms with E-state index >= 15 is 0 Å². The average Bonchev–Trinajstić information content (AvgIpc) is 2.25. The minimum absolute atomic E-state index is 0.169. The van der Waals surface area contributed by atoms with Crippen LogP contribution in [0.5, 0.6) is 0 Å². The highest BCUT2D eigenvalue weighted by molar-refractivity contribution is 7.90. The monoisotopic (exact) mass is 242 g/mol. The van der Waals surface area contributed by atoms with Crippen LogP contribution in [0.1, 0.15) is 5.56 Å². The van der Waals surface area contributed by atoms with E-state index in [1.54, 1.807) is 0 Å². The van der Waals surface area contributed by atoms with Gasteiger partial charge >= 0.3 is 0 Å². The minimum Gasteiger partial charge on any atom is -0.374 e. The van der Waals surface area contributed by atoms with Crippen LogP contribution in [0.25, 0.3) is 0 Å². The number of sulfone groups is 1. The summed E-state index contributed by atoms with van der Waals surface area (Å²) in [7, 11) is -1.02. The van der Waals surface area contributed by atoms with Crippen LogP contribution in [-0.4, -0.2) is 34.0 Å². The van der Waals surface area contributed by atoms with Crippen molar-refractivity contribution in [3.63, 3.8) is 0 Å². The van der Waals surface area contributed by atoms with Crippen molar-refractivity contribution in [1.82, 2.24) is 0 Å². The topological polar surface area (TPSA) is 63.4 Å². The molecule has 2 N–H and O–H groups in total. The van der Waals surface area contributed by atoms with Crippen LogP contribution >= 0.6 is 0 Å². The first-order valence-electron chi connectivity index (χ1n) is 5.10. The quantitative estimate of drug-likeness (QED) is 0.822. The minimum atomic E-state index is -2.90. The Labute approximate surface area is 97.0 Å². The summed E-state index contributed by atoms with van der Waals surface area (Å²) in [5.74, 6) is 0.169. The molecule has 0 radical (unpaired) electrons. The van der Waals surface area contributed by atoms with Gasteiger partial charge in [-0.1, -0.05) is 12.1 Å². The van der Waals surface area contributed by atoms with Crippen LogP contribution in [0.3, 0.4) is 0 Å². The Bertz CT molecular complexity index is 426. The summed E-state index contributed by atoms with van der Waals surface area (Å²) < 4.78 is 22.0. The zero-order valence-electron chi connectivity index (χ0n) is 9.68. The van der Waals surface area contributed by atoms with E-state index in [-0.39, 0.29) is 5.75 Å². The van der Waals surface area contributed by atoms with Gasteiger partial charge in [-0.3, -0.25) is 0 Å². The van der Waals surface area contributed by atoms with E-state index in [0.717, 1.165) is 11.3 Å². The molecule has 0 aliphatic carbocycles. The summed E-state index contributed by atoms with van der Waals surface area (Å²) >= 11 is 0. The molecule has 0 amide bonds. The number of nitrogens with zero attached hydrogens (tertiary/aromatic N) is 1. The Hall–Kier alpha value is -1.07. The largest absolute Gasteiger partial charge is 0.374 e. The van der Waals surface area contributed by atoms with Gasteiger partial charge in [0.25, 0.3) is 0 Å². The van der Waals surface area contributed by atoms with Crippen LogP contribution in [0.4, 0.5) is 5.69 Å². The van der Waals surface area contributed by atoms with E-state index in [1.165, 1.54) is 6.26 Å². The van der Waals surface area contributed by atoms with E-state index in [4.69, 9.17) is 5.73 Å². The van der Waals surface area contributed by atoms with Gasteiger partial charge in [-0.15, -0.1) is 0 Å². The lowest BCUT2D eigenvalue weighted by Crippen LogP contribution is -2.24. The summed E-state index contributed by atoms with van der Waals surface area (Å²) in [6.07, 6.45) is 1.25. The molecule has 0 unspecified atom stereocenters. The van der Waals surface area contributed by atoms with Gasteiger partial charge in [0, 0.05) is 32.1 Å². The van der Waals surface area contributed by atoms with Gasteiger partial charge in [-0.05, 0) is 17.7 Å². The molecule has 0 atom stereocenters.